The average Bonchev–Trinajstić information content (AvgIpc) is 3.40. The van der Waals surface area contributed by atoms with Gasteiger partial charge in [-0.3, -0.25) is 9.80 Å². The number of aromatic nitrogens is 2. The lowest BCUT2D eigenvalue weighted by molar-refractivity contribution is 0.0358. The smallest absolute Gasteiger partial charge is 0.119 e. The quantitative estimate of drug-likeness (QED) is 0.703. The molecule has 156 valence electrons. The normalized spacial score (nSPS) is 25.0. The number of imidazole rings is 1. The largest absolute Gasteiger partial charge is 0.494 e. The van der Waals surface area contributed by atoms with Crippen LogP contribution in [0.3, 0.4) is 0 Å². The molecule has 5 rings (SSSR count). The van der Waals surface area contributed by atoms with Gasteiger partial charge in [0.05, 0.1) is 26.1 Å². The van der Waals surface area contributed by atoms with Crippen molar-refractivity contribution in [3.63, 3.8) is 0 Å². The van der Waals surface area contributed by atoms with Gasteiger partial charge < -0.3 is 14.0 Å². The third-order valence-electron chi connectivity index (χ3n) is 6.78. The Labute approximate surface area is 173 Å². The molecule has 6 heteroatoms. The highest BCUT2D eigenvalue weighted by atomic mass is 16.5. The lowest BCUT2D eigenvalue weighted by Crippen LogP contribution is -2.37. The Balaban J connectivity index is 1.29. The molecule has 6 nitrogen and oxygen atoms in total. The first-order valence-electron chi connectivity index (χ1n) is 11.1. The molecule has 0 saturated carbocycles. The van der Waals surface area contributed by atoms with Crippen LogP contribution in [0.4, 0.5) is 0 Å². The van der Waals surface area contributed by atoms with Crippen LogP contribution in [0.15, 0.2) is 30.7 Å². The molecule has 4 heterocycles. The summed E-state index contributed by atoms with van der Waals surface area (Å²) in [6.07, 6.45) is 7.54. The molecule has 3 aliphatic heterocycles. The van der Waals surface area contributed by atoms with Gasteiger partial charge in [-0.2, -0.15) is 0 Å². The number of nitrogens with zero attached hydrogens (tertiary/aromatic N) is 4. The van der Waals surface area contributed by atoms with Crippen molar-refractivity contribution >= 4 is 0 Å². The molecule has 0 amide bonds. The predicted molar refractivity (Wildman–Crippen MR) is 112 cm³/mol. The highest BCUT2D eigenvalue weighted by Crippen LogP contribution is 2.45. The van der Waals surface area contributed by atoms with Crippen molar-refractivity contribution in [2.75, 3.05) is 52.5 Å². The van der Waals surface area contributed by atoms with Crippen molar-refractivity contribution in [2.24, 2.45) is 7.05 Å². The summed E-state index contributed by atoms with van der Waals surface area (Å²) < 4.78 is 13.8. The van der Waals surface area contributed by atoms with Crippen molar-refractivity contribution < 1.29 is 9.47 Å². The Hall–Kier alpha value is -1.89. The number of benzene rings is 1. The first-order valence-corrected chi connectivity index (χ1v) is 11.1. The first-order chi connectivity index (χ1) is 14.3. The number of hydrogen-bond donors (Lipinski definition) is 0. The molecule has 0 spiro atoms. The Morgan fingerprint density at radius 1 is 1.17 bits per heavy atom. The van der Waals surface area contributed by atoms with Crippen molar-refractivity contribution in [3.05, 3.63) is 47.5 Å². The average molecular weight is 397 g/mol. The van der Waals surface area contributed by atoms with Gasteiger partial charge in [0, 0.05) is 57.1 Å². The topological polar surface area (TPSA) is 42.8 Å². The molecule has 0 N–H and O–H groups in total. The summed E-state index contributed by atoms with van der Waals surface area (Å²) in [7, 11) is 2.10. The Morgan fingerprint density at radius 2 is 2.07 bits per heavy atom. The third kappa shape index (κ3) is 3.93. The SMILES string of the molecule is Cn1cncc1C1CN2CCCC2c2cc(OCCCN3CCOCC3)ccc21. The molecule has 1 aromatic heterocycles. The van der Waals surface area contributed by atoms with Crippen molar-refractivity contribution in [1.82, 2.24) is 19.4 Å². The van der Waals surface area contributed by atoms with Crippen LogP contribution in [0.1, 0.15) is 48.0 Å². The highest BCUT2D eigenvalue weighted by Gasteiger charge is 2.37. The summed E-state index contributed by atoms with van der Waals surface area (Å²) in [6, 6.07) is 7.34. The van der Waals surface area contributed by atoms with Gasteiger partial charge in [-0.05, 0) is 49.1 Å². The molecule has 0 bridgehead atoms. The fraction of sp³-hybridized carbons (Fsp3) is 0.609. The zero-order valence-electron chi connectivity index (χ0n) is 17.4. The summed E-state index contributed by atoms with van der Waals surface area (Å²) in [4.78, 5) is 9.49. The van der Waals surface area contributed by atoms with Crippen molar-refractivity contribution in [1.29, 1.82) is 0 Å². The number of ether oxygens (including phenoxy) is 2. The van der Waals surface area contributed by atoms with Crippen LogP contribution in [0.5, 0.6) is 5.75 Å². The Morgan fingerprint density at radius 3 is 2.90 bits per heavy atom. The van der Waals surface area contributed by atoms with E-state index in [2.05, 4.69) is 44.6 Å². The second-order valence-corrected chi connectivity index (χ2v) is 8.58. The minimum absolute atomic E-state index is 0.391. The number of aryl methyl sites for hydroxylation is 1. The molecule has 2 atom stereocenters. The second kappa shape index (κ2) is 8.46. The third-order valence-corrected chi connectivity index (χ3v) is 6.78. The van der Waals surface area contributed by atoms with Crippen LogP contribution in [0.25, 0.3) is 0 Å². The van der Waals surface area contributed by atoms with Gasteiger partial charge in [0.15, 0.2) is 0 Å². The van der Waals surface area contributed by atoms with E-state index in [1.165, 1.54) is 36.2 Å². The maximum absolute atomic E-state index is 6.17. The van der Waals surface area contributed by atoms with Crippen LogP contribution in [-0.2, 0) is 11.8 Å². The maximum atomic E-state index is 6.17. The summed E-state index contributed by atoms with van der Waals surface area (Å²) >= 11 is 0. The fourth-order valence-corrected chi connectivity index (χ4v) is 5.24. The van der Waals surface area contributed by atoms with Gasteiger partial charge in [-0.15, -0.1) is 0 Å². The molecule has 2 aromatic rings. The molecule has 2 unspecified atom stereocenters. The van der Waals surface area contributed by atoms with E-state index in [9.17, 15) is 0 Å². The fourth-order valence-electron chi connectivity index (χ4n) is 5.24. The van der Waals surface area contributed by atoms with Crippen LogP contribution >= 0.6 is 0 Å². The number of hydrogen-bond acceptors (Lipinski definition) is 5. The van der Waals surface area contributed by atoms with E-state index < -0.39 is 0 Å². The summed E-state index contributed by atoms with van der Waals surface area (Å²) in [6.45, 7) is 7.98. The van der Waals surface area contributed by atoms with Crippen LogP contribution in [0, 0.1) is 0 Å². The molecule has 1 aromatic carbocycles. The second-order valence-electron chi connectivity index (χ2n) is 8.58. The Bertz CT molecular complexity index is 830. The van der Waals surface area contributed by atoms with Gasteiger partial charge in [-0.25, -0.2) is 4.98 Å². The molecule has 2 fully saturated rings. The van der Waals surface area contributed by atoms with E-state index in [4.69, 9.17) is 9.47 Å². The lowest BCUT2D eigenvalue weighted by atomic mass is 9.83. The van der Waals surface area contributed by atoms with E-state index >= 15 is 0 Å². The lowest BCUT2D eigenvalue weighted by Gasteiger charge is -2.37. The van der Waals surface area contributed by atoms with Crippen LogP contribution in [0.2, 0.25) is 0 Å². The van der Waals surface area contributed by atoms with Gasteiger partial charge in [0.25, 0.3) is 0 Å². The van der Waals surface area contributed by atoms with E-state index in [0.717, 1.165) is 58.2 Å². The monoisotopic (exact) mass is 396 g/mol. The Kier molecular flexibility index (Phi) is 5.57. The standard InChI is InChI=1S/C23H32N4O2/c1-25-17-24-15-23(25)21-16-27-8-2-4-22(27)20-14-18(5-6-19(20)21)29-11-3-7-26-9-12-28-13-10-26/h5-6,14-15,17,21-22H,2-4,7-13,16H2,1H3. The summed E-state index contributed by atoms with van der Waals surface area (Å²) in [5.74, 6) is 1.41. The molecule has 29 heavy (non-hydrogen) atoms. The molecule has 0 aliphatic carbocycles. The first kappa shape index (κ1) is 19.1. The van der Waals surface area contributed by atoms with Crippen LogP contribution in [-0.4, -0.2) is 71.9 Å². The number of morpholine rings is 1. The van der Waals surface area contributed by atoms with E-state index in [-0.39, 0.29) is 0 Å². The zero-order chi connectivity index (χ0) is 19.6. The van der Waals surface area contributed by atoms with Gasteiger partial charge in [-0.1, -0.05) is 6.07 Å². The molecule has 2 saturated heterocycles. The maximum Gasteiger partial charge on any atom is 0.119 e. The van der Waals surface area contributed by atoms with Crippen molar-refractivity contribution in [3.8, 4) is 5.75 Å². The minimum atomic E-state index is 0.391. The van der Waals surface area contributed by atoms with Gasteiger partial charge in [0.1, 0.15) is 5.75 Å². The zero-order valence-corrected chi connectivity index (χ0v) is 17.4. The van der Waals surface area contributed by atoms with Crippen LogP contribution < -0.4 is 4.74 Å². The van der Waals surface area contributed by atoms with E-state index in [0.29, 0.717) is 12.0 Å². The van der Waals surface area contributed by atoms with E-state index in [1.807, 2.05) is 12.5 Å². The summed E-state index contributed by atoms with van der Waals surface area (Å²) in [5.41, 5.74) is 4.22. The summed E-state index contributed by atoms with van der Waals surface area (Å²) in [5, 5.41) is 0. The molecular weight excluding hydrogens is 364 g/mol. The van der Waals surface area contributed by atoms with Gasteiger partial charge >= 0.3 is 0 Å². The highest BCUT2D eigenvalue weighted by molar-refractivity contribution is 5.45. The van der Waals surface area contributed by atoms with Gasteiger partial charge in [0.2, 0.25) is 0 Å². The van der Waals surface area contributed by atoms with Crippen molar-refractivity contribution in [2.45, 2.75) is 31.2 Å². The minimum Gasteiger partial charge on any atom is -0.494 e. The van der Waals surface area contributed by atoms with E-state index in [1.54, 1.807) is 0 Å². The molecular formula is C23H32N4O2. The predicted octanol–water partition coefficient (Wildman–Crippen LogP) is 2.80. The molecule has 3 aliphatic rings. The number of rotatable bonds is 6. The molecule has 0 radical (unpaired) electrons. The number of fused-ring (bicyclic) bond motifs is 3.